The van der Waals surface area contributed by atoms with Gasteiger partial charge in [-0.05, 0) is 110 Å². The van der Waals surface area contributed by atoms with Crippen LogP contribution in [-0.2, 0) is 57.1 Å². The summed E-state index contributed by atoms with van der Waals surface area (Å²) in [5.41, 5.74) is 1.10. The molecule has 0 aromatic rings. The van der Waals surface area contributed by atoms with Gasteiger partial charge in [-0.3, -0.25) is 24.2 Å². The zero-order valence-electron chi connectivity index (χ0n) is 49.3. The van der Waals surface area contributed by atoms with Gasteiger partial charge in [0.2, 0.25) is 0 Å². The lowest BCUT2D eigenvalue weighted by Crippen LogP contribution is -2.44. The molecule has 0 bridgehead atoms. The minimum atomic E-state index is -0.968. The lowest BCUT2D eigenvalue weighted by Gasteiger charge is -2.35. The van der Waals surface area contributed by atoms with Gasteiger partial charge in [-0.15, -0.1) is 0 Å². The van der Waals surface area contributed by atoms with Crippen LogP contribution in [0.2, 0.25) is 0 Å². The molecule has 0 fully saturated rings. The number of allylic oxidation sites excluding steroid dienone is 3. The first-order valence-corrected chi connectivity index (χ1v) is 27.4. The Morgan fingerprint density at radius 2 is 1.58 bits per heavy atom. The molecule has 0 saturated carbocycles. The summed E-state index contributed by atoms with van der Waals surface area (Å²) in [6.07, 6.45) is 15.7. The van der Waals surface area contributed by atoms with Crippen LogP contribution in [0, 0.1) is 41.4 Å². The first kappa shape index (κ1) is 69.8. The van der Waals surface area contributed by atoms with E-state index in [1.807, 2.05) is 53.7 Å². The van der Waals surface area contributed by atoms with Crippen LogP contribution >= 0.6 is 0 Å². The van der Waals surface area contributed by atoms with Crippen LogP contribution in [0.1, 0.15) is 121 Å². The SMILES string of the molecule is COCC(C(=O)OC1CC=CC=CC(=O)OC(C(C)C(O)C(C)CCC(OC(=O)C(C)N(C)C)C(C)C(OC(C)=O)C(C)C=CNCC=O)CC=CC(OC)CC(C)CC=C(C)C(OC)CCC(C)C(O)C1C)N(C)C. The second kappa shape index (κ2) is 37.6. The molecule has 0 aliphatic carbocycles. The van der Waals surface area contributed by atoms with E-state index in [0.29, 0.717) is 25.7 Å². The molecule has 0 aromatic heterocycles. The Morgan fingerprint density at radius 1 is 0.895 bits per heavy atom. The van der Waals surface area contributed by atoms with E-state index in [2.05, 4.69) is 25.2 Å². The first-order chi connectivity index (χ1) is 35.8. The van der Waals surface area contributed by atoms with E-state index in [1.165, 1.54) is 20.1 Å². The Labute approximate surface area is 457 Å². The number of cyclic esters (lactones) is 1. The summed E-state index contributed by atoms with van der Waals surface area (Å²) in [4.78, 5) is 67.5. The fourth-order valence-corrected chi connectivity index (χ4v) is 9.42. The van der Waals surface area contributed by atoms with Crippen molar-refractivity contribution in [2.75, 3.05) is 62.7 Å². The Bertz CT molecular complexity index is 1850. The maximum Gasteiger partial charge on any atom is 0.331 e. The van der Waals surface area contributed by atoms with Gasteiger partial charge in [-0.2, -0.15) is 0 Å². The van der Waals surface area contributed by atoms with Crippen molar-refractivity contribution in [2.45, 2.75) is 182 Å². The number of esters is 4. The van der Waals surface area contributed by atoms with Gasteiger partial charge >= 0.3 is 23.9 Å². The number of carbonyl (C=O) groups excluding carboxylic acids is 5. The molecular formula is C59H101N3O14. The summed E-state index contributed by atoms with van der Waals surface area (Å²) in [6, 6.07) is -1.22. The van der Waals surface area contributed by atoms with Crippen molar-refractivity contribution in [3.05, 3.63) is 60.4 Å². The minimum absolute atomic E-state index is 0.117. The molecule has 1 rings (SSSR count). The van der Waals surface area contributed by atoms with Gasteiger partial charge in [0.15, 0.2) is 0 Å². The fraction of sp³-hybridized carbons (Fsp3) is 0.746. The quantitative estimate of drug-likeness (QED) is 0.0282. The zero-order valence-corrected chi connectivity index (χ0v) is 49.3. The molecule has 17 unspecified atom stereocenters. The maximum atomic E-state index is 13.6. The average molecular weight is 1080 g/mol. The molecule has 3 N–H and O–H groups in total. The average Bonchev–Trinajstić information content (AvgIpc) is 3.37. The number of nitrogens with one attached hydrogen (secondary N) is 1. The fourth-order valence-electron chi connectivity index (χ4n) is 9.42. The van der Waals surface area contributed by atoms with Gasteiger partial charge in [0, 0.05) is 70.8 Å². The van der Waals surface area contributed by atoms with Crippen molar-refractivity contribution >= 4 is 30.2 Å². The van der Waals surface area contributed by atoms with Crippen molar-refractivity contribution in [2.24, 2.45) is 41.4 Å². The Hall–Kier alpha value is -4.23. The van der Waals surface area contributed by atoms with E-state index < -0.39 is 90.3 Å². The van der Waals surface area contributed by atoms with Crippen molar-refractivity contribution in [3.63, 3.8) is 0 Å². The van der Waals surface area contributed by atoms with E-state index in [9.17, 15) is 34.2 Å². The maximum absolute atomic E-state index is 13.6. The summed E-state index contributed by atoms with van der Waals surface area (Å²) in [7, 11) is 12.0. The van der Waals surface area contributed by atoms with E-state index in [4.69, 9.17) is 33.2 Å². The molecule has 436 valence electrons. The topological polar surface area (TPSA) is 209 Å². The van der Waals surface area contributed by atoms with Gasteiger partial charge in [0.25, 0.3) is 0 Å². The highest BCUT2D eigenvalue weighted by Crippen LogP contribution is 2.32. The molecule has 1 heterocycles. The number of aldehydes is 1. The van der Waals surface area contributed by atoms with Gasteiger partial charge in [0.05, 0.1) is 37.6 Å². The molecule has 0 spiro atoms. The third kappa shape index (κ3) is 25.5. The van der Waals surface area contributed by atoms with Crippen LogP contribution < -0.4 is 5.32 Å². The number of aliphatic hydroxyl groups excluding tert-OH is 2. The molecule has 0 saturated heterocycles. The zero-order chi connectivity index (χ0) is 57.7. The number of nitrogens with zero attached hydrogens (tertiary/aromatic N) is 2. The van der Waals surface area contributed by atoms with Gasteiger partial charge in [0.1, 0.15) is 42.8 Å². The van der Waals surface area contributed by atoms with Crippen molar-refractivity contribution in [1.29, 1.82) is 0 Å². The number of hydrogen-bond acceptors (Lipinski definition) is 17. The smallest absolute Gasteiger partial charge is 0.331 e. The van der Waals surface area contributed by atoms with Gasteiger partial charge < -0.3 is 53.5 Å². The molecule has 17 nitrogen and oxygen atoms in total. The predicted octanol–water partition coefficient (Wildman–Crippen LogP) is 7.44. The number of likely N-dealkylation sites (N-methyl/N-ethyl adjacent to an activating group) is 2. The first-order valence-electron chi connectivity index (χ1n) is 27.4. The Morgan fingerprint density at radius 3 is 2.17 bits per heavy atom. The Balaban J connectivity index is 3.68. The minimum Gasteiger partial charge on any atom is -0.462 e. The molecule has 0 aromatic carbocycles. The normalized spacial score (nSPS) is 26.6. The Kier molecular flexibility index (Phi) is 34.5. The van der Waals surface area contributed by atoms with E-state index in [0.717, 1.165) is 24.7 Å². The molecular weight excluding hydrogens is 975 g/mol. The van der Waals surface area contributed by atoms with Crippen molar-refractivity contribution in [3.8, 4) is 0 Å². The number of hydrogen-bond donors (Lipinski definition) is 3. The third-order valence-corrected chi connectivity index (χ3v) is 15.1. The number of methoxy groups -OCH3 is 3. The molecule has 1 aliphatic rings. The van der Waals surface area contributed by atoms with Crippen LogP contribution in [0.15, 0.2) is 60.4 Å². The predicted molar refractivity (Wildman–Crippen MR) is 297 cm³/mol. The number of rotatable bonds is 24. The van der Waals surface area contributed by atoms with Crippen LogP contribution in [0.5, 0.6) is 0 Å². The standard InChI is InChI=1S/C59H101N3O14/c1-38-26-27-39(2)50(72-17)30-28-40(3)56(67)44(7)52(76-59(69)49(37-70-15)62(13)14)23-19-18-20-25-54(65)74-51(24-21-22-48(36-38)71-16)43(6)55(66)41(4)29-31-53(75-58(68)46(9)61(11)12)45(8)57(73-47(10)64)42(5)32-33-60-34-35-63/h18-22,25,27,32-33,35,38,40-46,48-53,55-57,60,66-67H,23-24,26,28-31,34,36-37H2,1-17H3. The third-order valence-electron chi connectivity index (χ3n) is 15.1. The summed E-state index contributed by atoms with van der Waals surface area (Å²) >= 11 is 0. The molecule has 17 heteroatoms. The number of aliphatic hydroxyl groups is 2. The molecule has 1 aliphatic heterocycles. The molecule has 76 heavy (non-hydrogen) atoms. The van der Waals surface area contributed by atoms with Crippen LogP contribution in [0.25, 0.3) is 0 Å². The molecule has 0 amide bonds. The molecule has 0 radical (unpaired) electrons. The number of ether oxygens (including phenoxy) is 7. The summed E-state index contributed by atoms with van der Waals surface area (Å²) in [5.74, 6) is -4.12. The van der Waals surface area contributed by atoms with Gasteiger partial charge in [-0.25, -0.2) is 4.79 Å². The van der Waals surface area contributed by atoms with Crippen LogP contribution in [-0.4, -0.2) is 174 Å². The van der Waals surface area contributed by atoms with Crippen LogP contribution in [0.3, 0.4) is 0 Å². The molecule has 17 atom stereocenters. The second-order valence-corrected chi connectivity index (χ2v) is 21.7. The highest BCUT2D eigenvalue weighted by Gasteiger charge is 2.37. The lowest BCUT2D eigenvalue weighted by molar-refractivity contribution is -0.166. The highest BCUT2D eigenvalue weighted by atomic mass is 16.6. The summed E-state index contributed by atoms with van der Waals surface area (Å²) in [6.45, 7) is 18.9. The second-order valence-electron chi connectivity index (χ2n) is 21.7. The van der Waals surface area contributed by atoms with E-state index in [-0.39, 0.29) is 61.9 Å². The number of carbonyl (C=O) groups is 5. The highest BCUT2D eigenvalue weighted by molar-refractivity contribution is 5.82. The lowest BCUT2D eigenvalue weighted by atomic mass is 9.82. The van der Waals surface area contributed by atoms with E-state index in [1.54, 1.807) is 89.6 Å². The monoisotopic (exact) mass is 1080 g/mol. The van der Waals surface area contributed by atoms with E-state index >= 15 is 0 Å². The van der Waals surface area contributed by atoms with Crippen molar-refractivity contribution < 1.29 is 67.3 Å². The summed E-state index contributed by atoms with van der Waals surface area (Å²) in [5, 5.41) is 26.7. The summed E-state index contributed by atoms with van der Waals surface area (Å²) < 4.78 is 41.5. The van der Waals surface area contributed by atoms with Crippen LogP contribution in [0.4, 0.5) is 0 Å². The van der Waals surface area contributed by atoms with Crippen molar-refractivity contribution in [1.82, 2.24) is 15.1 Å². The largest absolute Gasteiger partial charge is 0.462 e. The van der Waals surface area contributed by atoms with Gasteiger partial charge in [-0.1, -0.05) is 91.0 Å².